The predicted octanol–water partition coefficient (Wildman–Crippen LogP) is 2.96. The van der Waals surface area contributed by atoms with Crippen molar-refractivity contribution in [2.45, 2.75) is 13.8 Å². The summed E-state index contributed by atoms with van der Waals surface area (Å²) in [5, 5.41) is 0. The summed E-state index contributed by atoms with van der Waals surface area (Å²) in [7, 11) is 2.05. The Morgan fingerprint density at radius 2 is 1.75 bits per heavy atom. The van der Waals surface area contributed by atoms with Gasteiger partial charge in [0.05, 0.1) is 0 Å². The van der Waals surface area contributed by atoms with Gasteiger partial charge in [-0.25, -0.2) is 0 Å². The third kappa shape index (κ3) is 2.12. The minimum absolute atomic E-state index is 1.22. The van der Waals surface area contributed by atoms with E-state index >= 15 is 0 Å². The van der Waals surface area contributed by atoms with Gasteiger partial charge in [-0.05, 0) is 32.2 Å². The zero-order valence-corrected chi connectivity index (χ0v) is 7.91. The summed E-state index contributed by atoms with van der Waals surface area (Å²) in [4.78, 5) is 2.10. The van der Waals surface area contributed by atoms with Crippen LogP contribution in [0.1, 0.15) is 12.5 Å². The molecule has 0 fully saturated rings. The molecule has 0 aliphatic rings. The van der Waals surface area contributed by atoms with Crippen LogP contribution in [0.15, 0.2) is 36.5 Å². The highest BCUT2D eigenvalue weighted by molar-refractivity contribution is 5.48. The number of anilines is 1. The van der Waals surface area contributed by atoms with Gasteiger partial charge in [0.2, 0.25) is 0 Å². The second-order valence-electron chi connectivity index (χ2n) is 2.93. The molecule has 1 heteroatoms. The summed E-state index contributed by atoms with van der Waals surface area (Å²) >= 11 is 0. The molecule has 1 rings (SSSR count). The largest absolute Gasteiger partial charge is 0.351 e. The first-order valence-corrected chi connectivity index (χ1v) is 4.16. The number of nitrogens with zero attached hydrogens (tertiary/aromatic N) is 1. The van der Waals surface area contributed by atoms with E-state index in [4.69, 9.17) is 0 Å². The predicted molar refractivity (Wildman–Crippen MR) is 54.4 cm³/mol. The van der Waals surface area contributed by atoms with E-state index in [9.17, 15) is 0 Å². The molecule has 1 nitrogen and oxygen atoms in total. The average molecular weight is 161 g/mol. The van der Waals surface area contributed by atoms with Gasteiger partial charge in [0.15, 0.2) is 0 Å². The van der Waals surface area contributed by atoms with E-state index in [1.807, 2.05) is 26.2 Å². The summed E-state index contributed by atoms with van der Waals surface area (Å²) in [6.07, 6.45) is 4.07. The monoisotopic (exact) mass is 161 g/mol. The number of benzene rings is 1. The quantitative estimate of drug-likeness (QED) is 0.644. The van der Waals surface area contributed by atoms with E-state index in [1.165, 1.54) is 11.3 Å². The van der Waals surface area contributed by atoms with Gasteiger partial charge in [-0.3, -0.25) is 0 Å². The van der Waals surface area contributed by atoms with Crippen molar-refractivity contribution in [1.29, 1.82) is 0 Å². The first-order chi connectivity index (χ1) is 5.74. The van der Waals surface area contributed by atoms with Crippen molar-refractivity contribution in [3.05, 3.63) is 42.1 Å². The summed E-state index contributed by atoms with van der Waals surface area (Å²) in [6.45, 7) is 4.12. The standard InChI is InChI=1S/C11H15N/c1-4-9-12(3)11-7-5-10(2)6-8-11/h4-9H,1-3H3/b9-4+. The maximum atomic E-state index is 2.12. The van der Waals surface area contributed by atoms with Gasteiger partial charge >= 0.3 is 0 Å². The van der Waals surface area contributed by atoms with Crippen molar-refractivity contribution in [3.8, 4) is 0 Å². The first kappa shape index (κ1) is 8.85. The van der Waals surface area contributed by atoms with Crippen molar-refractivity contribution in [3.63, 3.8) is 0 Å². The van der Waals surface area contributed by atoms with Crippen molar-refractivity contribution >= 4 is 5.69 Å². The van der Waals surface area contributed by atoms with E-state index in [0.717, 1.165) is 0 Å². The smallest absolute Gasteiger partial charge is 0.0403 e. The molecule has 0 unspecified atom stereocenters. The van der Waals surface area contributed by atoms with E-state index in [1.54, 1.807) is 0 Å². The molecule has 0 aliphatic carbocycles. The Labute approximate surface area is 74.3 Å². The Kier molecular flexibility index (Phi) is 2.92. The van der Waals surface area contributed by atoms with Gasteiger partial charge in [-0.1, -0.05) is 23.8 Å². The highest BCUT2D eigenvalue weighted by Gasteiger charge is 1.93. The summed E-state index contributed by atoms with van der Waals surface area (Å²) < 4.78 is 0. The lowest BCUT2D eigenvalue weighted by atomic mass is 10.2. The van der Waals surface area contributed by atoms with Crippen LogP contribution in [-0.4, -0.2) is 7.05 Å². The van der Waals surface area contributed by atoms with Crippen molar-refractivity contribution < 1.29 is 0 Å². The highest BCUT2D eigenvalue weighted by Crippen LogP contribution is 2.13. The SMILES string of the molecule is C/C=C/N(C)c1ccc(C)cc1. The molecule has 1 aromatic carbocycles. The highest BCUT2D eigenvalue weighted by atomic mass is 15.1. The fourth-order valence-corrected chi connectivity index (χ4v) is 1.09. The molecule has 0 N–H and O–H groups in total. The molecule has 0 amide bonds. The fourth-order valence-electron chi connectivity index (χ4n) is 1.09. The summed E-state index contributed by atoms with van der Waals surface area (Å²) in [6, 6.07) is 8.48. The first-order valence-electron chi connectivity index (χ1n) is 4.16. The van der Waals surface area contributed by atoms with Gasteiger partial charge in [0.1, 0.15) is 0 Å². The molecule has 0 saturated heterocycles. The van der Waals surface area contributed by atoms with Crippen molar-refractivity contribution in [2.75, 3.05) is 11.9 Å². The molecule has 0 atom stereocenters. The van der Waals surface area contributed by atoms with Gasteiger partial charge in [-0.2, -0.15) is 0 Å². The molecule has 0 spiro atoms. The molecule has 1 aromatic rings. The minimum Gasteiger partial charge on any atom is -0.351 e. The number of aryl methyl sites for hydroxylation is 1. The lowest BCUT2D eigenvalue weighted by Crippen LogP contribution is -2.06. The maximum Gasteiger partial charge on any atom is 0.0403 e. The molecule has 0 aromatic heterocycles. The number of hydrogen-bond donors (Lipinski definition) is 0. The Morgan fingerprint density at radius 3 is 2.25 bits per heavy atom. The number of allylic oxidation sites excluding steroid dienone is 1. The van der Waals surface area contributed by atoms with Crippen LogP contribution >= 0.6 is 0 Å². The summed E-state index contributed by atoms with van der Waals surface area (Å²) in [5.41, 5.74) is 2.52. The Hall–Kier alpha value is -1.24. The van der Waals surface area contributed by atoms with Crippen LogP contribution in [0, 0.1) is 6.92 Å². The molecule has 0 saturated carbocycles. The fraction of sp³-hybridized carbons (Fsp3) is 0.273. The third-order valence-electron chi connectivity index (χ3n) is 1.81. The van der Waals surface area contributed by atoms with Gasteiger partial charge in [-0.15, -0.1) is 0 Å². The van der Waals surface area contributed by atoms with Crippen molar-refractivity contribution in [2.24, 2.45) is 0 Å². The van der Waals surface area contributed by atoms with Crippen LogP contribution in [0.5, 0.6) is 0 Å². The topological polar surface area (TPSA) is 3.24 Å². The molecule has 0 heterocycles. The molecule has 0 bridgehead atoms. The Bertz CT molecular complexity index is 259. The normalized spacial score (nSPS) is 10.6. The van der Waals surface area contributed by atoms with E-state index < -0.39 is 0 Å². The number of hydrogen-bond acceptors (Lipinski definition) is 1. The molecular weight excluding hydrogens is 146 g/mol. The Balaban J connectivity index is 2.82. The van der Waals surface area contributed by atoms with E-state index in [-0.39, 0.29) is 0 Å². The molecule has 0 aliphatic heterocycles. The van der Waals surface area contributed by atoms with Crippen LogP contribution in [0.25, 0.3) is 0 Å². The Morgan fingerprint density at radius 1 is 1.17 bits per heavy atom. The van der Waals surface area contributed by atoms with Gasteiger partial charge in [0, 0.05) is 12.7 Å². The molecule has 64 valence electrons. The van der Waals surface area contributed by atoms with Gasteiger partial charge in [0.25, 0.3) is 0 Å². The van der Waals surface area contributed by atoms with Crippen LogP contribution < -0.4 is 4.90 Å². The molecule has 12 heavy (non-hydrogen) atoms. The van der Waals surface area contributed by atoms with Crippen LogP contribution in [0.2, 0.25) is 0 Å². The van der Waals surface area contributed by atoms with E-state index in [2.05, 4.69) is 36.1 Å². The second kappa shape index (κ2) is 3.96. The molecular formula is C11H15N. The average Bonchev–Trinajstić information content (AvgIpc) is 2.06. The van der Waals surface area contributed by atoms with Crippen LogP contribution in [0.4, 0.5) is 5.69 Å². The lowest BCUT2D eigenvalue weighted by molar-refractivity contribution is 1.19. The zero-order chi connectivity index (χ0) is 8.97. The lowest BCUT2D eigenvalue weighted by Gasteiger charge is -2.13. The minimum atomic E-state index is 1.22. The van der Waals surface area contributed by atoms with Gasteiger partial charge < -0.3 is 4.90 Å². The van der Waals surface area contributed by atoms with E-state index in [0.29, 0.717) is 0 Å². The summed E-state index contributed by atoms with van der Waals surface area (Å²) in [5.74, 6) is 0. The van der Waals surface area contributed by atoms with Crippen LogP contribution in [-0.2, 0) is 0 Å². The molecule has 0 radical (unpaired) electrons. The zero-order valence-electron chi connectivity index (χ0n) is 7.91. The maximum absolute atomic E-state index is 2.12. The number of rotatable bonds is 2. The second-order valence-corrected chi connectivity index (χ2v) is 2.93. The third-order valence-corrected chi connectivity index (χ3v) is 1.81. The van der Waals surface area contributed by atoms with Crippen LogP contribution in [0.3, 0.4) is 0 Å². The van der Waals surface area contributed by atoms with Crippen molar-refractivity contribution in [1.82, 2.24) is 0 Å².